The number of aryl methyl sites for hydroxylation is 1. The van der Waals surface area contributed by atoms with Gasteiger partial charge in [-0.2, -0.15) is 0 Å². The fraction of sp³-hybridized carbons (Fsp3) is 0.269. The highest BCUT2D eigenvalue weighted by Crippen LogP contribution is 2.30. The second-order valence-corrected chi connectivity index (χ2v) is 11.0. The van der Waals surface area contributed by atoms with Gasteiger partial charge in [-0.3, -0.25) is 0 Å². The van der Waals surface area contributed by atoms with Gasteiger partial charge >= 0.3 is 6.03 Å². The van der Waals surface area contributed by atoms with E-state index < -0.39 is 15.9 Å². The van der Waals surface area contributed by atoms with Crippen LogP contribution in [0.25, 0.3) is 0 Å². The number of nitrogens with one attached hydrogen (secondary N) is 3. The Morgan fingerprint density at radius 3 is 2.66 bits per heavy atom. The molecule has 0 aromatic heterocycles. The molecule has 3 aromatic rings. The molecule has 0 saturated heterocycles. The molecule has 2 amide bonds. The van der Waals surface area contributed by atoms with Gasteiger partial charge in [0.15, 0.2) is 9.84 Å². The second-order valence-electron chi connectivity index (χ2n) is 8.63. The first-order valence-electron chi connectivity index (χ1n) is 11.2. The molecular formula is C26H28ClN3O4S. The highest BCUT2D eigenvalue weighted by molar-refractivity contribution is 7.90. The van der Waals surface area contributed by atoms with Crippen molar-refractivity contribution in [2.75, 3.05) is 12.4 Å². The Morgan fingerprint density at radius 1 is 1.11 bits per heavy atom. The molecule has 4 rings (SSSR count). The summed E-state index contributed by atoms with van der Waals surface area (Å²) < 4.78 is 31.5. The normalized spacial score (nSPS) is 13.7. The van der Waals surface area contributed by atoms with Crippen LogP contribution in [0.15, 0.2) is 59.5 Å². The summed E-state index contributed by atoms with van der Waals surface area (Å²) >= 11 is 6.37. The maximum Gasteiger partial charge on any atom is 0.319 e. The number of hydrogen-bond donors (Lipinski definition) is 3. The number of carbonyl (C=O) groups is 1. The van der Waals surface area contributed by atoms with Crippen molar-refractivity contribution in [3.05, 3.63) is 87.4 Å². The summed E-state index contributed by atoms with van der Waals surface area (Å²) in [6, 6.07) is 15.0. The first-order valence-corrected chi connectivity index (χ1v) is 13.3. The van der Waals surface area contributed by atoms with E-state index in [1.807, 2.05) is 50.2 Å². The van der Waals surface area contributed by atoms with Crippen LogP contribution >= 0.6 is 11.6 Å². The fourth-order valence-electron chi connectivity index (χ4n) is 4.15. The van der Waals surface area contributed by atoms with E-state index in [1.165, 1.54) is 30.9 Å². The van der Waals surface area contributed by atoms with E-state index in [2.05, 4.69) is 16.0 Å². The van der Waals surface area contributed by atoms with Gasteiger partial charge in [0.1, 0.15) is 5.75 Å². The van der Waals surface area contributed by atoms with Gasteiger partial charge in [0.25, 0.3) is 0 Å². The molecule has 0 spiro atoms. The minimum Gasteiger partial charge on any atom is -0.495 e. The van der Waals surface area contributed by atoms with Gasteiger partial charge in [-0.25, -0.2) is 13.2 Å². The molecule has 35 heavy (non-hydrogen) atoms. The first-order chi connectivity index (χ1) is 16.7. The van der Waals surface area contributed by atoms with Crippen molar-refractivity contribution in [3.63, 3.8) is 0 Å². The summed E-state index contributed by atoms with van der Waals surface area (Å²) in [5, 5.41) is 9.45. The summed E-state index contributed by atoms with van der Waals surface area (Å²) in [6.07, 6.45) is 0. The Bertz CT molecular complexity index is 1380. The van der Waals surface area contributed by atoms with Gasteiger partial charge in [0.05, 0.1) is 29.5 Å². The van der Waals surface area contributed by atoms with Crippen LogP contribution in [0, 0.1) is 6.92 Å². The molecular weight excluding hydrogens is 486 g/mol. The lowest BCUT2D eigenvalue weighted by atomic mass is 10.1. The van der Waals surface area contributed by atoms with Crippen molar-refractivity contribution in [3.8, 4) is 5.75 Å². The molecule has 0 fully saturated rings. The number of methoxy groups -OCH3 is 1. The maximum atomic E-state index is 13.1. The highest BCUT2D eigenvalue weighted by Gasteiger charge is 2.21. The van der Waals surface area contributed by atoms with E-state index in [-0.39, 0.29) is 22.4 Å². The molecule has 0 radical (unpaired) electrons. The molecule has 3 N–H and O–H groups in total. The monoisotopic (exact) mass is 513 g/mol. The average molecular weight is 514 g/mol. The first kappa shape index (κ1) is 25.0. The smallest absolute Gasteiger partial charge is 0.319 e. The minimum atomic E-state index is -3.62. The zero-order valence-corrected chi connectivity index (χ0v) is 21.4. The van der Waals surface area contributed by atoms with Crippen molar-refractivity contribution in [1.29, 1.82) is 0 Å². The topological polar surface area (TPSA) is 96.5 Å². The number of halogens is 1. The number of ether oxygens (including phenoxy) is 1. The zero-order valence-electron chi connectivity index (χ0n) is 19.8. The highest BCUT2D eigenvalue weighted by atomic mass is 35.5. The van der Waals surface area contributed by atoms with Crippen LogP contribution in [-0.4, -0.2) is 21.6 Å². The quantitative estimate of drug-likeness (QED) is 0.407. The van der Waals surface area contributed by atoms with Crippen LogP contribution < -0.4 is 20.7 Å². The molecule has 1 aliphatic heterocycles. The Morgan fingerprint density at radius 2 is 1.89 bits per heavy atom. The van der Waals surface area contributed by atoms with Crippen LogP contribution in [-0.2, 0) is 28.7 Å². The second kappa shape index (κ2) is 10.3. The summed E-state index contributed by atoms with van der Waals surface area (Å²) in [4.78, 5) is 12.8. The SMILES string of the molecule is COc1cc(S(=O)(=O)Cc2ccc3c(c2)CNC3)ccc1NC(=O)NC(C)c1cccc(C)c1Cl. The number of urea groups is 1. The third-order valence-electron chi connectivity index (χ3n) is 6.07. The molecule has 0 aliphatic carbocycles. The van der Waals surface area contributed by atoms with Gasteiger partial charge in [-0.05, 0) is 53.8 Å². The van der Waals surface area contributed by atoms with Crippen molar-refractivity contribution >= 4 is 33.2 Å². The van der Waals surface area contributed by atoms with E-state index in [0.29, 0.717) is 10.7 Å². The van der Waals surface area contributed by atoms with Gasteiger partial charge in [0.2, 0.25) is 0 Å². The Labute approximate surface area is 210 Å². The van der Waals surface area contributed by atoms with Crippen LogP contribution in [0.2, 0.25) is 5.02 Å². The van der Waals surface area contributed by atoms with E-state index in [0.717, 1.165) is 35.3 Å². The summed E-state index contributed by atoms with van der Waals surface area (Å²) in [5.41, 5.74) is 5.14. The Balaban J connectivity index is 1.47. The van der Waals surface area contributed by atoms with Gasteiger partial charge < -0.3 is 20.7 Å². The molecule has 3 aromatic carbocycles. The number of rotatable bonds is 7. The van der Waals surface area contributed by atoms with E-state index in [4.69, 9.17) is 16.3 Å². The maximum absolute atomic E-state index is 13.1. The number of amides is 2. The van der Waals surface area contributed by atoms with E-state index in [9.17, 15) is 13.2 Å². The molecule has 1 atom stereocenters. The van der Waals surface area contributed by atoms with Gasteiger partial charge in [0, 0.05) is 24.2 Å². The van der Waals surface area contributed by atoms with Crippen molar-refractivity contribution < 1.29 is 17.9 Å². The average Bonchev–Trinajstić information content (AvgIpc) is 3.28. The summed E-state index contributed by atoms with van der Waals surface area (Å²) in [5.74, 6) is 0.131. The predicted octanol–water partition coefficient (Wildman–Crippen LogP) is 5.12. The molecule has 7 nitrogen and oxygen atoms in total. The third-order valence-corrected chi connectivity index (χ3v) is 8.28. The molecule has 0 bridgehead atoms. The summed E-state index contributed by atoms with van der Waals surface area (Å²) in [6.45, 7) is 5.29. The van der Waals surface area contributed by atoms with Crippen molar-refractivity contribution in [2.45, 2.75) is 43.6 Å². The number of carbonyl (C=O) groups excluding carboxylic acids is 1. The van der Waals surface area contributed by atoms with Crippen molar-refractivity contribution in [2.24, 2.45) is 0 Å². The molecule has 1 unspecified atom stereocenters. The number of hydrogen-bond acceptors (Lipinski definition) is 5. The van der Waals surface area contributed by atoms with Crippen molar-refractivity contribution in [1.82, 2.24) is 10.6 Å². The van der Waals surface area contributed by atoms with Crippen LogP contribution in [0.1, 0.15) is 40.8 Å². The lowest BCUT2D eigenvalue weighted by Gasteiger charge is -2.18. The van der Waals surface area contributed by atoms with Crippen LogP contribution in [0.3, 0.4) is 0 Å². The minimum absolute atomic E-state index is 0.120. The fourth-order valence-corrected chi connectivity index (χ4v) is 5.78. The molecule has 1 aliphatic rings. The number of benzene rings is 3. The largest absolute Gasteiger partial charge is 0.495 e. The lowest BCUT2D eigenvalue weighted by molar-refractivity contribution is 0.249. The summed E-state index contributed by atoms with van der Waals surface area (Å²) in [7, 11) is -2.19. The van der Waals surface area contributed by atoms with E-state index in [1.54, 1.807) is 0 Å². The Kier molecular flexibility index (Phi) is 7.35. The predicted molar refractivity (Wildman–Crippen MR) is 138 cm³/mol. The number of sulfone groups is 1. The Hall–Kier alpha value is -3.07. The zero-order chi connectivity index (χ0) is 25.2. The lowest BCUT2D eigenvalue weighted by Crippen LogP contribution is -2.31. The van der Waals surface area contributed by atoms with Gasteiger partial charge in [-0.1, -0.05) is 48.0 Å². The van der Waals surface area contributed by atoms with Crippen LogP contribution in [0.5, 0.6) is 5.75 Å². The number of fused-ring (bicyclic) bond motifs is 1. The molecule has 1 heterocycles. The standard InChI is InChI=1S/C26H28ClN3O4S/c1-16-5-4-6-22(25(16)27)17(2)29-26(31)30-23-10-9-21(12-24(23)34-3)35(32,33)15-18-7-8-19-13-28-14-20(19)11-18/h4-12,17,28H,13-15H2,1-3H3,(H2,29,30,31). The number of anilines is 1. The molecule has 9 heteroatoms. The van der Waals surface area contributed by atoms with Gasteiger partial charge in [-0.15, -0.1) is 0 Å². The third kappa shape index (κ3) is 5.61. The molecule has 184 valence electrons. The molecule has 0 saturated carbocycles. The van der Waals surface area contributed by atoms with Crippen LogP contribution in [0.4, 0.5) is 10.5 Å². The van der Waals surface area contributed by atoms with E-state index >= 15 is 0 Å².